The highest BCUT2D eigenvalue weighted by Gasteiger charge is 2.39. The van der Waals surface area contributed by atoms with Crippen LogP contribution in [0.25, 0.3) is 0 Å². The summed E-state index contributed by atoms with van der Waals surface area (Å²) in [6.07, 6.45) is 7.30. The van der Waals surface area contributed by atoms with Crippen molar-refractivity contribution >= 4 is 11.8 Å². The monoisotopic (exact) mass is 463 g/mol. The standard InChI is InChI=1S/C28H37N3O3/c1-20(29-2)27(32)30-26(21-11-5-3-6-12-21)28(33)31-18-10-17-25(31)22-13-9-16-24(19-22)34-23-14-7-4-8-15-23/h4,7-9,13-16,19-21,25-26,29H,3,5-6,10-12,17-18H2,1-2H3,(H,30,32)/t20?,25-,26-/m0/s1. The first-order valence-electron chi connectivity index (χ1n) is 12.7. The summed E-state index contributed by atoms with van der Waals surface area (Å²) in [6, 6.07) is 17.0. The Balaban J connectivity index is 1.53. The van der Waals surface area contributed by atoms with E-state index in [0.717, 1.165) is 55.6 Å². The Morgan fingerprint density at radius 2 is 1.68 bits per heavy atom. The Morgan fingerprint density at radius 1 is 0.941 bits per heavy atom. The van der Waals surface area contributed by atoms with Crippen molar-refractivity contribution in [1.29, 1.82) is 0 Å². The highest BCUT2D eigenvalue weighted by atomic mass is 16.5. The van der Waals surface area contributed by atoms with Crippen molar-refractivity contribution in [2.75, 3.05) is 13.6 Å². The van der Waals surface area contributed by atoms with E-state index in [1.807, 2.05) is 60.4 Å². The molecule has 2 fully saturated rings. The van der Waals surface area contributed by atoms with Gasteiger partial charge in [-0.15, -0.1) is 0 Å². The molecule has 2 amide bonds. The highest BCUT2D eigenvalue weighted by molar-refractivity contribution is 5.90. The van der Waals surface area contributed by atoms with Crippen molar-refractivity contribution in [3.8, 4) is 11.5 Å². The number of benzene rings is 2. The van der Waals surface area contributed by atoms with Crippen LogP contribution in [0.15, 0.2) is 54.6 Å². The number of likely N-dealkylation sites (tertiary alicyclic amines) is 1. The van der Waals surface area contributed by atoms with Crippen LogP contribution in [0.1, 0.15) is 63.5 Å². The molecule has 1 unspecified atom stereocenters. The van der Waals surface area contributed by atoms with Crippen LogP contribution in [0.2, 0.25) is 0 Å². The Bertz CT molecular complexity index is 958. The Labute approximate surface area is 203 Å². The molecule has 0 radical (unpaired) electrons. The molecular formula is C28H37N3O3. The average Bonchev–Trinajstić information content (AvgIpc) is 3.38. The quantitative estimate of drug-likeness (QED) is 0.589. The molecule has 4 rings (SSSR count). The minimum Gasteiger partial charge on any atom is -0.457 e. The lowest BCUT2D eigenvalue weighted by atomic mass is 9.83. The fourth-order valence-electron chi connectivity index (χ4n) is 5.22. The minimum absolute atomic E-state index is 0.00320. The molecule has 2 N–H and O–H groups in total. The maximum Gasteiger partial charge on any atom is 0.245 e. The lowest BCUT2D eigenvalue weighted by Gasteiger charge is -2.35. The summed E-state index contributed by atoms with van der Waals surface area (Å²) in [7, 11) is 1.77. The van der Waals surface area contributed by atoms with Crippen molar-refractivity contribution in [3.63, 3.8) is 0 Å². The van der Waals surface area contributed by atoms with E-state index in [2.05, 4.69) is 16.7 Å². The van der Waals surface area contributed by atoms with Gasteiger partial charge in [0, 0.05) is 6.54 Å². The molecule has 1 aliphatic heterocycles. The van der Waals surface area contributed by atoms with E-state index in [0.29, 0.717) is 6.54 Å². The highest BCUT2D eigenvalue weighted by Crippen LogP contribution is 2.36. The van der Waals surface area contributed by atoms with Gasteiger partial charge in [-0.25, -0.2) is 0 Å². The Morgan fingerprint density at radius 3 is 2.41 bits per heavy atom. The maximum absolute atomic E-state index is 13.9. The van der Waals surface area contributed by atoms with Gasteiger partial charge in [0.2, 0.25) is 11.8 Å². The lowest BCUT2D eigenvalue weighted by Crippen LogP contribution is -2.55. The van der Waals surface area contributed by atoms with Gasteiger partial charge in [0.1, 0.15) is 17.5 Å². The molecule has 2 aliphatic rings. The summed E-state index contributed by atoms with van der Waals surface area (Å²) in [6.45, 7) is 2.54. The second kappa shape index (κ2) is 11.5. The van der Waals surface area contributed by atoms with Crippen molar-refractivity contribution in [1.82, 2.24) is 15.5 Å². The van der Waals surface area contributed by atoms with Gasteiger partial charge in [-0.2, -0.15) is 0 Å². The molecule has 0 aromatic heterocycles. The number of para-hydroxylation sites is 1. The number of rotatable bonds is 8. The Kier molecular flexibility index (Phi) is 8.22. The van der Waals surface area contributed by atoms with Gasteiger partial charge in [-0.1, -0.05) is 49.6 Å². The zero-order valence-electron chi connectivity index (χ0n) is 20.3. The van der Waals surface area contributed by atoms with Crippen LogP contribution in [-0.2, 0) is 9.59 Å². The Hall–Kier alpha value is -2.86. The first-order chi connectivity index (χ1) is 16.6. The molecule has 2 aromatic rings. The fraction of sp³-hybridized carbons (Fsp3) is 0.500. The third-order valence-corrected chi connectivity index (χ3v) is 7.27. The summed E-state index contributed by atoms with van der Waals surface area (Å²) < 4.78 is 6.04. The molecule has 3 atom stereocenters. The molecule has 0 spiro atoms. The van der Waals surface area contributed by atoms with Gasteiger partial charge >= 0.3 is 0 Å². The van der Waals surface area contributed by atoms with E-state index in [9.17, 15) is 9.59 Å². The smallest absolute Gasteiger partial charge is 0.245 e. The SMILES string of the molecule is CNC(C)C(=O)N[C@H](C(=O)N1CCC[C@H]1c1cccc(Oc2ccccc2)c1)C1CCCCC1. The van der Waals surface area contributed by atoms with Crippen LogP contribution in [0.5, 0.6) is 11.5 Å². The zero-order valence-corrected chi connectivity index (χ0v) is 20.3. The van der Waals surface area contributed by atoms with Crippen molar-refractivity contribution < 1.29 is 14.3 Å². The minimum atomic E-state index is -0.465. The van der Waals surface area contributed by atoms with Crippen LogP contribution in [0.4, 0.5) is 0 Å². The number of hydrogen-bond donors (Lipinski definition) is 2. The molecule has 1 saturated heterocycles. The van der Waals surface area contributed by atoms with Crippen LogP contribution in [0.3, 0.4) is 0 Å². The fourth-order valence-corrected chi connectivity index (χ4v) is 5.22. The van der Waals surface area contributed by atoms with Gasteiger partial charge < -0.3 is 20.3 Å². The second-order valence-corrected chi connectivity index (χ2v) is 9.57. The molecule has 0 bridgehead atoms. The summed E-state index contributed by atoms with van der Waals surface area (Å²) >= 11 is 0. The molecule has 6 nitrogen and oxygen atoms in total. The molecule has 6 heteroatoms. The predicted molar refractivity (Wildman–Crippen MR) is 134 cm³/mol. The molecule has 34 heavy (non-hydrogen) atoms. The van der Waals surface area contributed by atoms with Crippen LogP contribution >= 0.6 is 0 Å². The van der Waals surface area contributed by atoms with Gasteiger partial charge in [-0.3, -0.25) is 9.59 Å². The predicted octanol–water partition coefficient (Wildman–Crippen LogP) is 4.82. The van der Waals surface area contributed by atoms with Crippen LogP contribution < -0.4 is 15.4 Å². The van der Waals surface area contributed by atoms with Crippen LogP contribution in [-0.4, -0.2) is 42.4 Å². The summed E-state index contributed by atoms with van der Waals surface area (Å²) in [5.41, 5.74) is 1.08. The number of amides is 2. The van der Waals surface area contributed by atoms with E-state index < -0.39 is 6.04 Å². The number of nitrogens with zero attached hydrogens (tertiary/aromatic N) is 1. The van der Waals surface area contributed by atoms with Crippen molar-refractivity contribution in [2.45, 2.75) is 70.0 Å². The van der Waals surface area contributed by atoms with E-state index in [1.165, 1.54) is 6.42 Å². The third-order valence-electron chi connectivity index (χ3n) is 7.27. The molecule has 1 aliphatic carbocycles. The van der Waals surface area contributed by atoms with E-state index in [4.69, 9.17) is 4.74 Å². The van der Waals surface area contributed by atoms with E-state index in [-0.39, 0.29) is 29.8 Å². The molecule has 2 aromatic carbocycles. The second-order valence-electron chi connectivity index (χ2n) is 9.57. The normalized spacial score (nSPS) is 20.5. The largest absolute Gasteiger partial charge is 0.457 e. The van der Waals surface area contributed by atoms with E-state index >= 15 is 0 Å². The van der Waals surface area contributed by atoms with Crippen molar-refractivity contribution in [3.05, 3.63) is 60.2 Å². The summed E-state index contributed by atoms with van der Waals surface area (Å²) in [5, 5.41) is 6.10. The number of carbonyl (C=O) groups excluding carboxylic acids is 2. The van der Waals surface area contributed by atoms with Gasteiger partial charge in [0.05, 0.1) is 12.1 Å². The first kappa shape index (κ1) is 24.3. The molecule has 1 heterocycles. The molecule has 182 valence electrons. The van der Waals surface area contributed by atoms with Crippen molar-refractivity contribution in [2.24, 2.45) is 5.92 Å². The number of ether oxygens (including phenoxy) is 1. The molecule has 1 saturated carbocycles. The third kappa shape index (κ3) is 5.79. The number of carbonyl (C=O) groups is 2. The number of likely N-dealkylation sites (N-methyl/N-ethyl adjacent to an activating group) is 1. The number of hydrogen-bond acceptors (Lipinski definition) is 4. The topological polar surface area (TPSA) is 70.7 Å². The summed E-state index contributed by atoms with van der Waals surface area (Å²) in [5.74, 6) is 1.70. The molecular weight excluding hydrogens is 426 g/mol. The summed E-state index contributed by atoms with van der Waals surface area (Å²) in [4.78, 5) is 28.7. The van der Waals surface area contributed by atoms with Crippen LogP contribution in [0, 0.1) is 5.92 Å². The van der Waals surface area contributed by atoms with Gasteiger partial charge in [0.25, 0.3) is 0 Å². The average molecular weight is 464 g/mol. The maximum atomic E-state index is 13.9. The van der Waals surface area contributed by atoms with Gasteiger partial charge in [-0.05, 0) is 75.4 Å². The number of nitrogens with one attached hydrogen (secondary N) is 2. The lowest BCUT2D eigenvalue weighted by molar-refractivity contribution is -0.139. The zero-order chi connectivity index (χ0) is 23.9. The van der Waals surface area contributed by atoms with Gasteiger partial charge in [0.15, 0.2) is 0 Å². The van der Waals surface area contributed by atoms with E-state index in [1.54, 1.807) is 7.05 Å². The first-order valence-corrected chi connectivity index (χ1v) is 12.7.